The van der Waals surface area contributed by atoms with Crippen LogP contribution >= 0.6 is 11.3 Å². The van der Waals surface area contributed by atoms with Gasteiger partial charge in [0.25, 0.3) is 0 Å². The molecule has 0 atom stereocenters. The van der Waals surface area contributed by atoms with Crippen LogP contribution < -0.4 is 5.32 Å². The second kappa shape index (κ2) is 6.06. The Morgan fingerprint density at radius 3 is 2.95 bits per heavy atom. The predicted octanol–water partition coefficient (Wildman–Crippen LogP) is 3.36. The van der Waals surface area contributed by atoms with E-state index in [1.807, 2.05) is 0 Å². The Kier molecular flexibility index (Phi) is 4.17. The molecule has 0 radical (unpaired) electrons. The topological polar surface area (TPSA) is 41.1 Å². The van der Waals surface area contributed by atoms with Crippen LogP contribution in [-0.2, 0) is 6.54 Å². The minimum absolute atomic E-state index is 0.836. The van der Waals surface area contributed by atoms with Crippen molar-refractivity contribution in [2.75, 3.05) is 25.5 Å². The number of hydrogen-bond acceptors (Lipinski definition) is 5. The van der Waals surface area contributed by atoms with Crippen LogP contribution in [0.25, 0.3) is 10.2 Å². The molecule has 4 nitrogen and oxygen atoms in total. The van der Waals surface area contributed by atoms with E-state index in [1.165, 1.54) is 25.8 Å². The Labute approximate surface area is 124 Å². The van der Waals surface area contributed by atoms with E-state index in [9.17, 15) is 0 Å². The van der Waals surface area contributed by atoms with E-state index < -0.39 is 0 Å². The molecule has 1 aliphatic carbocycles. The van der Waals surface area contributed by atoms with E-state index >= 15 is 0 Å². The van der Waals surface area contributed by atoms with Gasteiger partial charge in [-0.2, -0.15) is 0 Å². The summed E-state index contributed by atoms with van der Waals surface area (Å²) in [5.74, 6) is 2.79. The Bertz CT molecular complexity index is 576. The van der Waals surface area contributed by atoms with Crippen LogP contribution in [0.3, 0.4) is 0 Å². The lowest BCUT2D eigenvalue weighted by Crippen LogP contribution is -2.29. The summed E-state index contributed by atoms with van der Waals surface area (Å²) >= 11 is 1.69. The van der Waals surface area contributed by atoms with Gasteiger partial charge >= 0.3 is 0 Å². The van der Waals surface area contributed by atoms with Crippen molar-refractivity contribution in [3.8, 4) is 0 Å². The molecule has 1 N–H and O–H groups in total. The van der Waals surface area contributed by atoms with E-state index in [0.29, 0.717) is 0 Å². The summed E-state index contributed by atoms with van der Waals surface area (Å²) in [6.07, 6.45) is 4.18. The zero-order chi connectivity index (χ0) is 13.9. The molecule has 0 amide bonds. The highest BCUT2D eigenvalue weighted by atomic mass is 32.1. The van der Waals surface area contributed by atoms with Gasteiger partial charge < -0.3 is 5.32 Å². The molecular weight excluding hydrogens is 268 g/mol. The van der Waals surface area contributed by atoms with Crippen molar-refractivity contribution >= 4 is 27.4 Å². The number of rotatable bonds is 6. The Hall–Kier alpha value is -1.20. The first-order valence-electron chi connectivity index (χ1n) is 7.42. The molecule has 1 saturated carbocycles. The van der Waals surface area contributed by atoms with Crippen LogP contribution in [0.1, 0.15) is 32.0 Å². The van der Waals surface area contributed by atoms with Crippen LogP contribution in [0.15, 0.2) is 11.4 Å². The molecule has 1 fully saturated rings. The summed E-state index contributed by atoms with van der Waals surface area (Å²) in [4.78, 5) is 12.8. The van der Waals surface area contributed by atoms with Gasteiger partial charge in [0.1, 0.15) is 16.5 Å². The first-order valence-corrected chi connectivity index (χ1v) is 8.30. The maximum atomic E-state index is 4.70. The van der Waals surface area contributed by atoms with Crippen LogP contribution in [0.2, 0.25) is 0 Å². The lowest BCUT2D eigenvalue weighted by atomic mass is 9.85. The van der Waals surface area contributed by atoms with Crippen LogP contribution in [0.4, 0.5) is 5.82 Å². The first kappa shape index (κ1) is 13.8. The van der Waals surface area contributed by atoms with Crippen LogP contribution in [0.5, 0.6) is 0 Å². The molecule has 0 aromatic carbocycles. The monoisotopic (exact) mass is 290 g/mol. The summed E-state index contributed by atoms with van der Waals surface area (Å²) in [7, 11) is 2.17. The van der Waals surface area contributed by atoms with Gasteiger partial charge in [0.05, 0.1) is 11.9 Å². The smallest absolute Gasteiger partial charge is 0.146 e. The van der Waals surface area contributed by atoms with Gasteiger partial charge in [-0.05, 0) is 44.2 Å². The third kappa shape index (κ3) is 2.94. The second-order valence-corrected chi connectivity index (χ2v) is 6.55. The fourth-order valence-electron chi connectivity index (χ4n) is 2.69. The molecule has 0 aliphatic heterocycles. The molecule has 0 unspecified atom stereocenters. The summed E-state index contributed by atoms with van der Waals surface area (Å²) in [5, 5.41) is 6.58. The van der Waals surface area contributed by atoms with E-state index in [1.54, 1.807) is 11.3 Å². The van der Waals surface area contributed by atoms with E-state index in [-0.39, 0.29) is 0 Å². The molecular formula is C15H22N4S. The molecule has 20 heavy (non-hydrogen) atoms. The number of hydrogen-bond donors (Lipinski definition) is 1. The number of aromatic nitrogens is 2. The van der Waals surface area contributed by atoms with Gasteiger partial charge in [-0.15, -0.1) is 11.3 Å². The number of thiophene rings is 1. The molecule has 2 aromatic rings. The lowest BCUT2D eigenvalue weighted by molar-refractivity contribution is 0.197. The highest BCUT2D eigenvalue weighted by molar-refractivity contribution is 7.16. The van der Waals surface area contributed by atoms with Crippen molar-refractivity contribution in [2.24, 2.45) is 5.92 Å². The molecule has 0 spiro atoms. The molecule has 3 rings (SSSR count). The largest absolute Gasteiger partial charge is 0.370 e. The number of fused-ring (bicyclic) bond motifs is 1. The van der Waals surface area contributed by atoms with Gasteiger partial charge in [-0.25, -0.2) is 9.97 Å². The average molecular weight is 290 g/mol. The van der Waals surface area contributed by atoms with Crippen LogP contribution in [0, 0.1) is 5.92 Å². The SMILES string of the molecule is CCNc1nc(CN(C)CC2CCC2)nc2sccc12. The average Bonchev–Trinajstić information content (AvgIpc) is 2.83. The normalized spacial score (nSPS) is 15.8. The highest BCUT2D eigenvalue weighted by Gasteiger charge is 2.19. The number of nitrogens with one attached hydrogen (secondary N) is 1. The van der Waals surface area contributed by atoms with Gasteiger partial charge in [0.15, 0.2) is 0 Å². The fraction of sp³-hybridized carbons (Fsp3) is 0.600. The Morgan fingerprint density at radius 1 is 1.40 bits per heavy atom. The summed E-state index contributed by atoms with van der Waals surface area (Å²) in [6.45, 7) is 4.99. The first-order chi connectivity index (χ1) is 9.76. The highest BCUT2D eigenvalue weighted by Crippen LogP contribution is 2.28. The van der Waals surface area contributed by atoms with Crippen molar-refractivity contribution in [1.29, 1.82) is 0 Å². The molecule has 108 valence electrons. The molecule has 0 saturated heterocycles. The Morgan fingerprint density at radius 2 is 2.25 bits per heavy atom. The number of anilines is 1. The van der Waals surface area contributed by atoms with Crippen molar-refractivity contribution in [1.82, 2.24) is 14.9 Å². The van der Waals surface area contributed by atoms with Crippen molar-refractivity contribution in [2.45, 2.75) is 32.7 Å². The zero-order valence-electron chi connectivity index (χ0n) is 12.2. The van der Waals surface area contributed by atoms with Crippen molar-refractivity contribution in [3.63, 3.8) is 0 Å². The van der Waals surface area contributed by atoms with E-state index in [4.69, 9.17) is 9.97 Å². The minimum atomic E-state index is 0.836. The van der Waals surface area contributed by atoms with Gasteiger partial charge in [0.2, 0.25) is 0 Å². The maximum Gasteiger partial charge on any atom is 0.146 e. The van der Waals surface area contributed by atoms with Gasteiger partial charge in [-0.3, -0.25) is 4.90 Å². The third-order valence-electron chi connectivity index (χ3n) is 3.92. The second-order valence-electron chi connectivity index (χ2n) is 5.65. The van der Waals surface area contributed by atoms with Gasteiger partial charge in [-0.1, -0.05) is 6.42 Å². The maximum absolute atomic E-state index is 4.70. The fourth-order valence-corrected chi connectivity index (χ4v) is 3.48. The summed E-state index contributed by atoms with van der Waals surface area (Å²) in [5.41, 5.74) is 0. The van der Waals surface area contributed by atoms with Crippen molar-refractivity contribution < 1.29 is 0 Å². The standard InChI is InChI=1S/C15H22N4S/c1-3-16-14-12-7-8-20-15(12)18-13(17-14)10-19(2)9-11-5-4-6-11/h7-8,11H,3-6,9-10H2,1-2H3,(H,16,17,18). The molecule has 1 aliphatic rings. The van der Waals surface area contributed by atoms with Crippen molar-refractivity contribution in [3.05, 3.63) is 17.3 Å². The van der Waals surface area contributed by atoms with E-state index in [0.717, 1.165) is 40.9 Å². The van der Waals surface area contributed by atoms with Gasteiger partial charge in [0, 0.05) is 13.1 Å². The predicted molar refractivity (Wildman–Crippen MR) is 85.3 cm³/mol. The van der Waals surface area contributed by atoms with E-state index in [2.05, 4.69) is 35.6 Å². The molecule has 2 aromatic heterocycles. The zero-order valence-corrected chi connectivity index (χ0v) is 13.0. The number of nitrogens with zero attached hydrogens (tertiary/aromatic N) is 3. The molecule has 5 heteroatoms. The molecule has 2 heterocycles. The summed E-state index contributed by atoms with van der Waals surface area (Å²) in [6, 6.07) is 2.10. The third-order valence-corrected chi connectivity index (χ3v) is 4.73. The molecule has 0 bridgehead atoms. The minimum Gasteiger partial charge on any atom is -0.370 e. The summed E-state index contributed by atoms with van der Waals surface area (Å²) < 4.78 is 0. The lowest BCUT2D eigenvalue weighted by Gasteiger charge is -2.29. The van der Waals surface area contributed by atoms with Crippen LogP contribution in [-0.4, -0.2) is 35.0 Å². The quantitative estimate of drug-likeness (QED) is 0.885. The Balaban J connectivity index is 1.76.